The Hall–Kier alpha value is -2.25. The molecule has 7 heteroatoms. The molecule has 2 aromatic rings. The van der Waals surface area contributed by atoms with Gasteiger partial charge in [-0.05, 0) is 37.9 Å². The molecule has 1 aromatic heterocycles. The minimum atomic E-state index is -0.260. The van der Waals surface area contributed by atoms with Gasteiger partial charge in [-0.1, -0.05) is 43.5 Å². The number of nitrogens with one attached hydrogen (secondary N) is 1. The Morgan fingerprint density at radius 1 is 1.34 bits per heavy atom. The van der Waals surface area contributed by atoms with E-state index in [1.807, 2.05) is 17.7 Å². The van der Waals surface area contributed by atoms with Gasteiger partial charge in [0.25, 0.3) is 0 Å². The number of carbonyl (C=O) groups excluding carboxylic acids is 1. The van der Waals surface area contributed by atoms with Gasteiger partial charge in [0.2, 0.25) is 5.13 Å². The van der Waals surface area contributed by atoms with Crippen molar-refractivity contribution in [2.75, 3.05) is 19.1 Å². The molecule has 0 spiro atoms. The normalized spacial score (nSPS) is 15.1. The van der Waals surface area contributed by atoms with E-state index in [4.69, 9.17) is 4.74 Å². The third kappa shape index (κ3) is 6.65. The zero-order valence-electron chi connectivity index (χ0n) is 17.3. The lowest BCUT2D eigenvalue weighted by Crippen LogP contribution is -2.33. The van der Waals surface area contributed by atoms with Gasteiger partial charge in [-0.3, -0.25) is 15.1 Å². The number of ether oxygens (including phenoxy) is 1. The SMILES string of the molecule is CCOC(=O)Cc1csc(NN=Cc2ccccc2CN(C)C2CCCCC2)n1. The number of nitrogens with zero attached hydrogens (tertiary/aromatic N) is 3. The summed E-state index contributed by atoms with van der Waals surface area (Å²) in [5.74, 6) is -0.260. The maximum Gasteiger partial charge on any atom is 0.311 e. The van der Waals surface area contributed by atoms with Gasteiger partial charge in [0.05, 0.1) is 24.9 Å². The molecule has 0 aliphatic heterocycles. The van der Waals surface area contributed by atoms with Crippen LogP contribution in [0.25, 0.3) is 0 Å². The molecule has 0 bridgehead atoms. The molecule has 29 heavy (non-hydrogen) atoms. The third-order valence-electron chi connectivity index (χ3n) is 5.22. The van der Waals surface area contributed by atoms with Crippen LogP contribution in [-0.2, 0) is 22.5 Å². The van der Waals surface area contributed by atoms with Crippen molar-refractivity contribution in [3.05, 3.63) is 46.5 Å². The molecule has 0 amide bonds. The zero-order valence-corrected chi connectivity index (χ0v) is 18.1. The van der Waals surface area contributed by atoms with Crippen LogP contribution < -0.4 is 5.43 Å². The van der Waals surface area contributed by atoms with Gasteiger partial charge in [-0.15, -0.1) is 11.3 Å². The van der Waals surface area contributed by atoms with E-state index < -0.39 is 0 Å². The number of esters is 1. The quantitative estimate of drug-likeness (QED) is 0.373. The zero-order chi connectivity index (χ0) is 20.5. The molecule has 1 aliphatic carbocycles. The first-order valence-corrected chi connectivity index (χ1v) is 11.2. The molecule has 156 valence electrons. The van der Waals surface area contributed by atoms with Crippen LogP contribution in [0.4, 0.5) is 5.13 Å². The highest BCUT2D eigenvalue weighted by Gasteiger charge is 2.18. The van der Waals surface area contributed by atoms with Gasteiger partial charge >= 0.3 is 5.97 Å². The Kier molecular flexibility index (Phi) is 8.19. The lowest BCUT2D eigenvalue weighted by molar-refractivity contribution is -0.142. The minimum absolute atomic E-state index is 0.187. The maximum absolute atomic E-state index is 11.5. The molecule has 6 nitrogen and oxygen atoms in total. The molecule has 1 saturated carbocycles. The third-order valence-corrected chi connectivity index (χ3v) is 6.01. The largest absolute Gasteiger partial charge is 0.466 e. The molecule has 0 saturated heterocycles. The average Bonchev–Trinajstić information content (AvgIpc) is 3.17. The summed E-state index contributed by atoms with van der Waals surface area (Å²) in [5.41, 5.74) is 6.04. The Balaban J connectivity index is 1.57. The second kappa shape index (κ2) is 11.1. The fourth-order valence-corrected chi connectivity index (χ4v) is 4.34. The number of carbonyl (C=O) groups is 1. The summed E-state index contributed by atoms with van der Waals surface area (Å²) >= 11 is 1.43. The van der Waals surface area contributed by atoms with Crippen LogP contribution in [0.1, 0.15) is 55.8 Å². The van der Waals surface area contributed by atoms with Crippen LogP contribution >= 0.6 is 11.3 Å². The second-order valence-electron chi connectivity index (χ2n) is 7.40. The van der Waals surface area contributed by atoms with Crippen LogP contribution in [0.2, 0.25) is 0 Å². The molecule has 1 heterocycles. The Labute approximate surface area is 177 Å². The smallest absolute Gasteiger partial charge is 0.311 e. The van der Waals surface area contributed by atoms with Crippen LogP contribution in [0.3, 0.4) is 0 Å². The number of hydrazone groups is 1. The summed E-state index contributed by atoms with van der Waals surface area (Å²) in [6.45, 7) is 3.10. The molecule has 1 aromatic carbocycles. The first-order chi connectivity index (χ1) is 14.2. The van der Waals surface area contributed by atoms with Crippen molar-refractivity contribution in [1.82, 2.24) is 9.88 Å². The van der Waals surface area contributed by atoms with Gasteiger partial charge in [-0.2, -0.15) is 5.10 Å². The highest BCUT2D eigenvalue weighted by Crippen LogP contribution is 2.23. The van der Waals surface area contributed by atoms with Crippen LogP contribution in [0.5, 0.6) is 0 Å². The molecule has 0 unspecified atom stereocenters. The lowest BCUT2D eigenvalue weighted by Gasteiger charge is -2.31. The Morgan fingerprint density at radius 2 is 2.14 bits per heavy atom. The Morgan fingerprint density at radius 3 is 2.93 bits per heavy atom. The molecule has 1 N–H and O–H groups in total. The summed E-state index contributed by atoms with van der Waals surface area (Å²) in [6, 6.07) is 9.05. The van der Waals surface area contributed by atoms with Gasteiger partial charge < -0.3 is 4.74 Å². The lowest BCUT2D eigenvalue weighted by atomic mass is 9.94. The van der Waals surface area contributed by atoms with E-state index >= 15 is 0 Å². The van der Waals surface area contributed by atoms with Crippen molar-refractivity contribution in [2.24, 2.45) is 5.10 Å². The average molecular weight is 415 g/mol. The van der Waals surface area contributed by atoms with E-state index in [-0.39, 0.29) is 12.4 Å². The van der Waals surface area contributed by atoms with Crippen LogP contribution in [0.15, 0.2) is 34.7 Å². The van der Waals surface area contributed by atoms with E-state index in [9.17, 15) is 4.79 Å². The molecular weight excluding hydrogens is 384 g/mol. The topological polar surface area (TPSA) is 66.8 Å². The molecule has 1 fully saturated rings. The predicted octanol–water partition coefficient (Wildman–Crippen LogP) is 4.46. The fraction of sp³-hybridized carbons (Fsp3) is 0.500. The highest BCUT2D eigenvalue weighted by molar-refractivity contribution is 7.13. The number of hydrogen-bond donors (Lipinski definition) is 1. The van der Waals surface area contributed by atoms with E-state index in [0.29, 0.717) is 23.5 Å². The summed E-state index contributed by atoms with van der Waals surface area (Å²) in [7, 11) is 2.23. The molecule has 3 rings (SSSR count). The summed E-state index contributed by atoms with van der Waals surface area (Å²) < 4.78 is 4.95. The van der Waals surface area contributed by atoms with Gasteiger partial charge in [-0.25, -0.2) is 4.98 Å². The van der Waals surface area contributed by atoms with Crippen molar-refractivity contribution in [3.63, 3.8) is 0 Å². The minimum Gasteiger partial charge on any atom is -0.466 e. The van der Waals surface area contributed by atoms with E-state index in [1.54, 1.807) is 6.92 Å². The summed E-state index contributed by atoms with van der Waals surface area (Å²) in [6.07, 6.45) is 8.68. The van der Waals surface area contributed by atoms with Crippen molar-refractivity contribution >= 4 is 28.7 Å². The van der Waals surface area contributed by atoms with E-state index in [1.165, 1.54) is 49.0 Å². The molecular formula is C22H30N4O2S. The Bertz CT molecular complexity index is 815. The predicted molar refractivity (Wildman–Crippen MR) is 118 cm³/mol. The monoisotopic (exact) mass is 414 g/mol. The number of hydrogen-bond acceptors (Lipinski definition) is 7. The number of rotatable bonds is 9. The van der Waals surface area contributed by atoms with Gasteiger partial charge in [0.15, 0.2) is 0 Å². The van der Waals surface area contributed by atoms with Crippen LogP contribution in [-0.4, -0.2) is 41.8 Å². The van der Waals surface area contributed by atoms with Crippen molar-refractivity contribution < 1.29 is 9.53 Å². The number of aromatic nitrogens is 1. The van der Waals surface area contributed by atoms with Crippen molar-refractivity contribution in [1.29, 1.82) is 0 Å². The first kappa shape index (κ1) is 21.5. The maximum atomic E-state index is 11.5. The first-order valence-electron chi connectivity index (χ1n) is 10.3. The summed E-state index contributed by atoms with van der Waals surface area (Å²) in [4.78, 5) is 18.4. The highest BCUT2D eigenvalue weighted by atomic mass is 32.1. The van der Waals surface area contributed by atoms with Gasteiger partial charge in [0.1, 0.15) is 0 Å². The number of anilines is 1. The van der Waals surface area contributed by atoms with E-state index in [0.717, 1.165) is 12.1 Å². The van der Waals surface area contributed by atoms with Gasteiger partial charge in [0, 0.05) is 18.0 Å². The van der Waals surface area contributed by atoms with Crippen LogP contribution in [0, 0.1) is 0 Å². The molecule has 0 radical (unpaired) electrons. The van der Waals surface area contributed by atoms with E-state index in [2.05, 4.69) is 45.7 Å². The van der Waals surface area contributed by atoms with Crippen molar-refractivity contribution in [3.8, 4) is 0 Å². The second-order valence-corrected chi connectivity index (χ2v) is 8.26. The summed E-state index contributed by atoms with van der Waals surface area (Å²) in [5, 5.41) is 6.87. The number of benzene rings is 1. The van der Waals surface area contributed by atoms with Crippen molar-refractivity contribution in [2.45, 2.75) is 58.0 Å². The fourth-order valence-electron chi connectivity index (χ4n) is 3.68. The standard InChI is InChI=1S/C22H30N4O2S/c1-3-28-21(27)13-19-16-29-22(24-19)25-23-14-17-9-7-8-10-18(17)15-26(2)20-11-5-4-6-12-20/h7-10,14,16,20H,3-6,11-13,15H2,1-2H3,(H,24,25). The number of thiazole rings is 1. The molecule has 0 atom stereocenters. The molecule has 1 aliphatic rings.